The van der Waals surface area contributed by atoms with Crippen LogP contribution in [0, 0.1) is 5.92 Å². The van der Waals surface area contributed by atoms with Crippen molar-refractivity contribution in [3.63, 3.8) is 0 Å². The van der Waals surface area contributed by atoms with E-state index in [1.165, 1.54) is 0 Å². The van der Waals surface area contributed by atoms with E-state index in [2.05, 4.69) is 22.3 Å². The van der Waals surface area contributed by atoms with Gasteiger partial charge in [0.15, 0.2) is 5.82 Å². The van der Waals surface area contributed by atoms with Crippen molar-refractivity contribution in [2.75, 3.05) is 7.05 Å². The van der Waals surface area contributed by atoms with Crippen molar-refractivity contribution < 1.29 is 4.79 Å². The second-order valence-corrected chi connectivity index (χ2v) is 3.15. The molecular weight excluding hydrogens is 166 g/mol. The van der Waals surface area contributed by atoms with Gasteiger partial charge in [0, 0.05) is 13.0 Å². The summed E-state index contributed by atoms with van der Waals surface area (Å²) < 4.78 is 0. The van der Waals surface area contributed by atoms with E-state index < -0.39 is 0 Å². The topological polar surface area (TPSA) is 53.5 Å². The van der Waals surface area contributed by atoms with Crippen molar-refractivity contribution in [1.82, 2.24) is 10.6 Å². The highest BCUT2D eigenvalue weighted by atomic mass is 16.2. The molecule has 1 amide bonds. The molecule has 0 radical (unpaired) electrons. The lowest BCUT2D eigenvalue weighted by atomic mass is 10.4. The molecule has 4 heteroatoms. The number of hydrogen-bond donors (Lipinski definition) is 2. The minimum atomic E-state index is 0.0528. The summed E-state index contributed by atoms with van der Waals surface area (Å²) in [7, 11) is 1.78. The van der Waals surface area contributed by atoms with E-state index in [9.17, 15) is 4.79 Å². The van der Waals surface area contributed by atoms with Gasteiger partial charge < -0.3 is 10.6 Å². The number of carbonyl (C=O) groups is 1. The number of carbonyl (C=O) groups excluding carboxylic acids is 1. The Hall–Kier alpha value is -1.32. The number of nitrogens with one attached hydrogen (secondary N) is 2. The van der Waals surface area contributed by atoms with Crippen LogP contribution in [0.5, 0.6) is 0 Å². The van der Waals surface area contributed by atoms with Crippen molar-refractivity contribution in [2.45, 2.75) is 19.8 Å². The maximum absolute atomic E-state index is 11.3. The Labute approximate surface area is 78.1 Å². The zero-order valence-corrected chi connectivity index (χ0v) is 8.05. The fraction of sp³-hybridized carbons (Fsp3) is 0.556. The molecule has 1 aliphatic carbocycles. The third-order valence-electron chi connectivity index (χ3n) is 2.08. The summed E-state index contributed by atoms with van der Waals surface area (Å²) in [5.74, 6) is 0.776. The highest BCUT2D eigenvalue weighted by molar-refractivity contribution is 5.82. The molecule has 0 aliphatic heterocycles. The van der Waals surface area contributed by atoms with Crippen LogP contribution in [0.3, 0.4) is 0 Å². The fourth-order valence-corrected chi connectivity index (χ4v) is 0.935. The van der Waals surface area contributed by atoms with Crippen LogP contribution < -0.4 is 10.6 Å². The van der Waals surface area contributed by atoms with E-state index in [1.807, 2.05) is 6.92 Å². The van der Waals surface area contributed by atoms with E-state index in [1.54, 1.807) is 7.05 Å². The predicted molar refractivity (Wildman–Crippen MR) is 52.2 cm³/mol. The Morgan fingerprint density at radius 1 is 1.54 bits per heavy atom. The van der Waals surface area contributed by atoms with Crippen molar-refractivity contribution >= 4 is 12.6 Å². The summed E-state index contributed by atoms with van der Waals surface area (Å²) in [5, 5.41) is 5.64. The van der Waals surface area contributed by atoms with Gasteiger partial charge in [-0.05, 0) is 26.5 Å². The minimum absolute atomic E-state index is 0.0528. The zero-order valence-electron chi connectivity index (χ0n) is 8.05. The van der Waals surface area contributed by atoms with Gasteiger partial charge in [-0.15, -0.1) is 0 Å². The molecule has 0 aromatic rings. The lowest BCUT2D eigenvalue weighted by Crippen LogP contribution is -2.26. The molecule has 0 saturated heterocycles. The monoisotopic (exact) mass is 181 g/mol. The molecular formula is C9H15N3O. The normalized spacial score (nSPS) is 17.4. The number of allylic oxidation sites excluding steroid dienone is 1. The van der Waals surface area contributed by atoms with Crippen LogP contribution in [0.25, 0.3) is 0 Å². The SMILES string of the molecule is C=N/C(NC(=O)C1CC1)=C(\C)NC. The second-order valence-electron chi connectivity index (χ2n) is 3.15. The Morgan fingerprint density at radius 2 is 2.15 bits per heavy atom. The summed E-state index contributed by atoms with van der Waals surface area (Å²) in [4.78, 5) is 15.1. The van der Waals surface area contributed by atoms with Gasteiger partial charge >= 0.3 is 0 Å². The van der Waals surface area contributed by atoms with Crippen LogP contribution in [0.4, 0.5) is 0 Å². The highest BCUT2D eigenvalue weighted by Crippen LogP contribution is 2.29. The van der Waals surface area contributed by atoms with Crippen LogP contribution in [-0.4, -0.2) is 19.7 Å². The molecule has 0 atom stereocenters. The molecule has 72 valence electrons. The third kappa shape index (κ3) is 2.57. The van der Waals surface area contributed by atoms with E-state index in [0.717, 1.165) is 18.5 Å². The quantitative estimate of drug-likeness (QED) is 0.625. The van der Waals surface area contributed by atoms with Crippen LogP contribution >= 0.6 is 0 Å². The molecule has 0 aromatic carbocycles. The summed E-state index contributed by atoms with van der Waals surface area (Å²) in [6.07, 6.45) is 1.99. The molecule has 0 bridgehead atoms. The zero-order chi connectivity index (χ0) is 9.84. The molecule has 0 aromatic heterocycles. The standard InChI is InChI=1S/C9H15N3O/c1-6(10-2)8(11-3)12-9(13)7-4-5-7/h7,10H,3-5H2,1-2H3,(H,12,13)/b8-6-. The Kier molecular flexibility index (Phi) is 3.06. The maximum Gasteiger partial charge on any atom is 0.228 e. The van der Waals surface area contributed by atoms with Gasteiger partial charge in [-0.1, -0.05) is 0 Å². The van der Waals surface area contributed by atoms with E-state index in [4.69, 9.17) is 0 Å². The van der Waals surface area contributed by atoms with Crippen LogP contribution in [0.2, 0.25) is 0 Å². The average molecular weight is 181 g/mol. The molecule has 0 unspecified atom stereocenters. The van der Waals surface area contributed by atoms with Gasteiger partial charge in [0.25, 0.3) is 0 Å². The van der Waals surface area contributed by atoms with Crippen molar-refractivity contribution in [1.29, 1.82) is 0 Å². The van der Waals surface area contributed by atoms with E-state index in [-0.39, 0.29) is 11.8 Å². The lowest BCUT2D eigenvalue weighted by molar-refractivity contribution is -0.121. The average Bonchev–Trinajstić information content (AvgIpc) is 2.95. The van der Waals surface area contributed by atoms with Gasteiger partial charge in [-0.2, -0.15) is 0 Å². The summed E-state index contributed by atoms with van der Waals surface area (Å²) in [6.45, 7) is 5.24. The van der Waals surface area contributed by atoms with Crippen LogP contribution in [0.15, 0.2) is 16.5 Å². The molecule has 2 N–H and O–H groups in total. The van der Waals surface area contributed by atoms with Gasteiger partial charge in [-0.3, -0.25) is 4.79 Å². The molecule has 13 heavy (non-hydrogen) atoms. The van der Waals surface area contributed by atoms with Crippen molar-refractivity contribution in [3.8, 4) is 0 Å². The Bertz CT molecular complexity index is 254. The summed E-state index contributed by atoms with van der Waals surface area (Å²) >= 11 is 0. The number of nitrogens with zero attached hydrogens (tertiary/aromatic N) is 1. The van der Waals surface area contributed by atoms with Crippen molar-refractivity contribution in [2.24, 2.45) is 10.9 Å². The number of rotatable bonds is 4. The smallest absolute Gasteiger partial charge is 0.228 e. The number of hydrogen-bond acceptors (Lipinski definition) is 3. The third-order valence-corrected chi connectivity index (χ3v) is 2.08. The summed E-state index contributed by atoms with van der Waals surface area (Å²) in [6, 6.07) is 0. The Balaban J connectivity index is 2.57. The molecule has 1 saturated carbocycles. The Morgan fingerprint density at radius 3 is 2.54 bits per heavy atom. The summed E-state index contributed by atoms with van der Waals surface area (Å²) in [5.41, 5.74) is 0.823. The predicted octanol–water partition coefficient (Wildman–Crippen LogP) is 0.622. The van der Waals surface area contributed by atoms with Crippen molar-refractivity contribution in [3.05, 3.63) is 11.5 Å². The van der Waals surface area contributed by atoms with Gasteiger partial charge in [0.05, 0.1) is 5.70 Å². The maximum atomic E-state index is 11.3. The molecule has 0 spiro atoms. The first-order valence-corrected chi connectivity index (χ1v) is 4.35. The first kappa shape index (κ1) is 9.77. The second kappa shape index (κ2) is 4.07. The van der Waals surface area contributed by atoms with Gasteiger partial charge in [-0.25, -0.2) is 4.99 Å². The molecule has 1 aliphatic rings. The first-order valence-electron chi connectivity index (χ1n) is 4.35. The van der Waals surface area contributed by atoms with E-state index in [0.29, 0.717) is 5.82 Å². The molecule has 1 rings (SSSR count). The lowest BCUT2D eigenvalue weighted by Gasteiger charge is -2.07. The molecule has 0 heterocycles. The fourth-order valence-electron chi connectivity index (χ4n) is 0.935. The highest BCUT2D eigenvalue weighted by Gasteiger charge is 2.30. The first-order chi connectivity index (χ1) is 6.19. The molecule has 4 nitrogen and oxygen atoms in total. The largest absolute Gasteiger partial charge is 0.389 e. The number of aliphatic imine (C=N–C) groups is 1. The van der Waals surface area contributed by atoms with E-state index >= 15 is 0 Å². The van der Waals surface area contributed by atoms with Gasteiger partial charge in [0.1, 0.15) is 0 Å². The van der Waals surface area contributed by atoms with Crippen LogP contribution in [-0.2, 0) is 4.79 Å². The van der Waals surface area contributed by atoms with Gasteiger partial charge in [0.2, 0.25) is 5.91 Å². The molecule has 1 fully saturated rings. The van der Waals surface area contributed by atoms with Crippen LogP contribution in [0.1, 0.15) is 19.8 Å². The minimum Gasteiger partial charge on any atom is -0.389 e. The number of amides is 1.